The Morgan fingerprint density at radius 2 is 1.85 bits per heavy atom. The molecule has 0 aliphatic carbocycles. The number of rotatable bonds is 4. The molecule has 1 unspecified atom stereocenters. The number of aromatic nitrogens is 3. The molecule has 2 fully saturated rings. The van der Waals surface area contributed by atoms with Crippen LogP contribution in [0.2, 0.25) is 0 Å². The molecular formula is C25H27N5O3. The molecule has 0 N–H and O–H groups in total. The summed E-state index contributed by atoms with van der Waals surface area (Å²) in [5.41, 5.74) is 1.42. The van der Waals surface area contributed by atoms with E-state index in [9.17, 15) is 9.59 Å². The van der Waals surface area contributed by atoms with Crippen molar-refractivity contribution in [1.82, 2.24) is 25.0 Å². The normalized spacial score (nSPS) is 19.7. The van der Waals surface area contributed by atoms with Crippen LogP contribution in [0.15, 0.2) is 59.3 Å². The Labute approximate surface area is 192 Å². The second-order valence-corrected chi connectivity index (χ2v) is 9.04. The number of benzene rings is 1. The molecule has 5 rings (SSSR count). The minimum Gasteiger partial charge on any atom is -0.425 e. The monoisotopic (exact) mass is 445 g/mol. The molecule has 2 aromatic heterocycles. The van der Waals surface area contributed by atoms with Gasteiger partial charge >= 0.3 is 0 Å². The first kappa shape index (κ1) is 21.3. The lowest BCUT2D eigenvalue weighted by Crippen LogP contribution is -2.46. The highest BCUT2D eigenvalue weighted by Gasteiger charge is 2.52. The average molecular weight is 446 g/mol. The van der Waals surface area contributed by atoms with E-state index in [1.54, 1.807) is 31.5 Å². The highest BCUT2D eigenvalue weighted by Crippen LogP contribution is 2.49. The topological polar surface area (TPSA) is 92.4 Å². The molecule has 0 radical (unpaired) electrons. The fourth-order valence-corrected chi connectivity index (χ4v) is 5.17. The number of carbonyl (C=O) groups excluding carboxylic acids is 2. The van der Waals surface area contributed by atoms with E-state index < -0.39 is 0 Å². The third kappa shape index (κ3) is 4.25. The summed E-state index contributed by atoms with van der Waals surface area (Å²) >= 11 is 0. The number of amides is 2. The van der Waals surface area contributed by atoms with Crippen LogP contribution in [0.4, 0.5) is 0 Å². The van der Waals surface area contributed by atoms with Gasteiger partial charge in [-0.25, -0.2) is 0 Å². The van der Waals surface area contributed by atoms with Crippen molar-refractivity contribution in [2.45, 2.75) is 32.1 Å². The summed E-state index contributed by atoms with van der Waals surface area (Å²) in [5, 5.41) is 8.35. The maximum Gasteiger partial charge on any atom is 0.255 e. The SMILES string of the molecule is Cc1nnc(C2CN(C(=O)Cc3ccccc3)CC23CCN(C(=O)c2cccnc2)CC3)o1. The highest BCUT2D eigenvalue weighted by atomic mass is 16.4. The predicted octanol–water partition coefficient (Wildman–Crippen LogP) is 2.86. The van der Waals surface area contributed by atoms with Crippen LogP contribution in [-0.2, 0) is 11.2 Å². The molecule has 0 bridgehead atoms. The van der Waals surface area contributed by atoms with E-state index >= 15 is 0 Å². The quantitative estimate of drug-likeness (QED) is 0.613. The van der Waals surface area contributed by atoms with Gasteiger partial charge in [0.1, 0.15) is 0 Å². The van der Waals surface area contributed by atoms with Gasteiger partial charge in [0, 0.05) is 50.9 Å². The van der Waals surface area contributed by atoms with Gasteiger partial charge in [-0.1, -0.05) is 30.3 Å². The Morgan fingerprint density at radius 1 is 1.06 bits per heavy atom. The van der Waals surface area contributed by atoms with E-state index in [1.165, 1.54) is 0 Å². The predicted molar refractivity (Wildman–Crippen MR) is 120 cm³/mol. The van der Waals surface area contributed by atoms with Crippen molar-refractivity contribution in [1.29, 1.82) is 0 Å². The van der Waals surface area contributed by atoms with Crippen molar-refractivity contribution < 1.29 is 14.0 Å². The summed E-state index contributed by atoms with van der Waals surface area (Å²) in [6, 6.07) is 13.4. The van der Waals surface area contributed by atoms with Crippen molar-refractivity contribution in [3.63, 3.8) is 0 Å². The molecule has 2 aliphatic heterocycles. The van der Waals surface area contributed by atoms with Gasteiger partial charge in [-0.2, -0.15) is 0 Å². The smallest absolute Gasteiger partial charge is 0.255 e. The first-order valence-electron chi connectivity index (χ1n) is 11.4. The molecule has 1 spiro atoms. The summed E-state index contributed by atoms with van der Waals surface area (Å²) in [6.07, 6.45) is 5.20. The van der Waals surface area contributed by atoms with Crippen LogP contribution in [0.5, 0.6) is 0 Å². The molecule has 0 saturated carbocycles. The van der Waals surface area contributed by atoms with E-state index in [-0.39, 0.29) is 23.1 Å². The third-order valence-electron chi connectivity index (χ3n) is 6.99. The molecule has 8 heteroatoms. The van der Waals surface area contributed by atoms with Crippen molar-refractivity contribution in [2.24, 2.45) is 5.41 Å². The van der Waals surface area contributed by atoms with Gasteiger partial charge in [0.05, 0.1) is 17.9 Å². The Morgan fingerprint density at radius 3 is 2.52 bits per heavy atom. The fraction of sp³-hybridized carbons (Fsp3) is 0.400. The first-order chi connectivity index (χ1) is 16.0. The van der Waals surface area contributed by atoms with E-state index in [2.05, 4.69) is 15.2 Å². The minimum absolute atomic E-state index is 0.00172. The molecular weight excluding hydrogens is 418 g/mol. The van der Waals surface area contributed by atoms with Crippen LogP contribution in [-0.4, -0.2) is 63.0 Å². The molecule has 1 atom stereocenters. The molecule has 4 heterocycles. The largest absolute Gasteiger partial charge is 0.425 e. The molecule has 8 nitrogen and oxygen atoms in total. The van der Waals surface area contributed by atoms with Crippen LogP contribution in [0.25, 0.3) is 0 Å². The number of likely N-dealkylation sites (tertiary alicyclic amines) is 2. The number of carbonyl (C=O) groups is 2. The number of hydrogen-bond acceptors (Lipinski definition) is 6. The van der Waals surface area contributed by atoms with E-state index in [0.717, 1.165) is 18.4 Å². The Balaban J connectivity index is 1.34. The molecule has 1 aromatic carbocycles. The fourth-order valence-electron chi connectivity index (χ4n) is 5.17. The number of pyridine rings is 1. The molecule has 33 heavy (non-hydrogen) atoms. The van der Waals surface area contributed by atoms with Crippen molar-refractivity contribution in [2.75, 3.05) is 26.2 Å². The zero-order valence-electron chi connectivity index (χ0n) is 18.7. The minimum atomic E-state index is -0.183. The zero-order chi connectivity index (χ0) is 22.8. The average Bonchev–Trinajstić information content (AvgIpc) is 3.44. The number of nitrogens with zero attached hydrogens (tertiary/aromatic N) is 5. The maximum absolute atomic E-state index is 13.2. The third-order valence-corrected chi connectivity index (χ3v) is 6.99. The number of hydrogen-bond donors (Lipinski definition) is 0. The Hall–Kier alpha value is -3.55. The van der Waals surface area contributed by atoms with E-state index in [1.807, 2.05) is 40.1 Å². The van der Waals surface area contributed by atoms with Gasteiger partial charge in [0.15, 0.2) is 0 Å². The first-order valence-corrected chi connectivity index (χ1v) is 11.4. The second kappa shape index (κ2) is 8.77. The van der Waals surface area contributed by atoms with Gasteiger partial charge in [-0.05, 0) is 30.5 Å². The maximum atomic E-state index is 13.2. The van der Waals surface area contributed by atoms with Crippen LogP contribution in [0.1, 0.15) is 46.5 Å². The van der Waals surface area contributed by atoms with Gasteiger partial charge in [-0.3, -0.25) is 14.6 Å². The van der Waals surface area contributed by atoms with Gasteiger partial charge in [-0.15, -0.1) is 10.2 Å². The second-order valence-electron chi connectivity index (χ2n) is 9.04. The standard InChI is InChI=1S/C25H27N5O3/c1-18-27-28-23(33-18)21-16-30(22(31)14-19-6-3-2-4-7-19)17-25(21)9-12-29(13-10-25)24(32)20-8-5-11-26-15-20/h2-8,11,15,21H,9-10,12-14,16-17H2,1H3. The van der Waals surface area contributed by atoms with Gasteiger partial charge in [0.25, 0.3) is 5.91 Å². The van der Waals surface area contributed by atoms with Crippen LogP contribution in [0, 0.1) is 12.3 Å². The van der Waals surface area contributed by atoms with E-state index in [4.69, 9.17) is 4.42 Å². The lowest BCUT2D eigenvalue weighted by Gasteiger charge is -2.41. The van der Waals surface area contributed by atoms with E-state index in [0.29, 0.717) is 49.9 Å². The molecule has 170 valence electrons. The van der Waals surface area contributed by atoms with Crippen molar-refractivity contribution in [3.8, 4) is 0 Å². The Bertz CT molecular complexity index is 1120. The summed E-state index contributed by atoms with van der Waals surface area (Å²) in [6.45, 7) is 4.23. The lowest BCUT2D eigenvalue weighted by atomic mass is 9.70. The van der Waals surface area contributed by atoms with Crippen LogP contribution in [0.3, 0.4) is 0 Å². The molecule has 2 amide bonds. The van der Waals surface area contributed by atoms with Crippen LogP contribution >= 0.6 is 0 Å². The lowest BCUT2D eigenvalue weighted by molar-refractivity contribution is -0.130. The summed E-state index contributed by atoms with van der Waals surface area (Å²) < 4.78 is 5.84. The number of piperidine rings is 1. The highest BCUT2D eigenvalue weighted by molar-refractivity contribution is 5.93. The van der Waals surface area contributed by atoms with Gasteiger partial charge in [0.2, 0.25) is 17.7 Å². The molecule has 3 aromatic rings. The van der Waals surface area contributed by atoms with Crippen molar-refractivity contribution in [3.05, 3.63) is 77.8 Å². The summed E-state index contributed by atoms with van der Waals surface area (Å²) in [4.78, 5) is 34.0. The number of aryl methyl sites for hydroxylation is 1. The van der Waals surface area contributed by atoms with Crippen LogP contribution < -0.4 is 0 Å². The summed E-state index contributed by atoms with van der Waals surface area (Å²) in [5.74, 6) is 1.19. The van der Waals surface area contributed by atoms with Gasteiger partial charge < -0.3 is 14.2 Å². The summed E-state index contributed by atoms with van der Waals surface area (Å²) in [7, 11) is 0. The molecule has 2 saturated heterocycles. The molecule has 2 aliphatic rings. The Kier molecular flexibility index (Phi) is 5.66. The zero-order valence-corrected chi connectivity index (χ0v) is 18.7. The van der Waals surface area contributed by atoms with Crippen molar-refractivity contribution >= 4 is 11.8 Å².